The van der Waals surface area contributed by atoms with Crippen LogP contribution in [0.25, 0.3) is 27.3 Å². The molecule has 0 saturated carbocycles. The Morgan fingerprint density at radius 3 is 2.83 bits per heavy atom. The average Bonchev–Trinajstić information content (AvgIpc) is 3.07. The van der Waals surface area contributed by atoms with Crippen LogP contribution in [0.15, 0.2) is 48.1 Å². The summed E-state index contributed by atoms with van der Waals surface area (Å²) in [5.74, 6) is 0.846. The maximum Gasteiger partial charge on any atom is 0.179 e. The molecule has 0 unspecified atom stereocenters. The SMILES string of the molecule is c1csc(-c2nnc3c4ccccc4ncn23)c1. The third-order valence-electron chi connectivity index (χ3n) is 2.89. The lowest BCUT2D eigenvalue weighted by molar-refractivity contribution is 1.10. The van der Waals surface area contributed by atoms with Gasteiger partial charge in [0.2, 0.25) is 0 Å². The first-order valence-corrected chi connectivity index (χ1v) is 6.44. The van der Waals surface area contributed by atoms with Crippen molar-refractivity contribution < 1.29 is 0 Å². The van der Waals surface area contributed by atoms with E-state index in [4.69, 9.17) is 0 Å². The summed E-state index contributed by atoms with van der Waals surface area (Å²) in [5, 5.41) is 11.6. The van der Waals surface area contributed by atoms with Gasteiger partial charge >= 0.3 is 0 Å². The van der Waals surface area contributed by atoms with Gasteiger partial charge in [-0.1, -0.05) is 18.2 Å². The largest absolute Gasteiger partial charge is 0.264 e. The van der Waals surface area contributed by atoms with E-state index in [-0.39, 0.29) is 0 Å². The smallest absolute Gasteiger partial charge is 0.179 e. The van der Waals surface area contributed by atoms with Crippen molar-refractivity contribution >= 4 is 27.9 Å². The van der Waals surface area contributed by atoms with E-state index in [0.717, 1.165) is 27.3 Å². The maximum atomic E-state index is 4.44. The quantitative estimate of drug-likeness (QED) is 0.523. The van der Waals surface area contributed by atoms with Crippen LogP contribution in [0, 0.1) is 0 Å². The second-order valence-corrected chi connectivity index (χ2v) is 4.90. The molecule has 0 aliphatic rings. The van der Waals surface area contributed by atoms with Crippen LogP contribution in [0.4, 0.5) is 0 Å². The van der Waals surface area contributed by atoms with Crippen LogP contribution in [-0.4, -0.2) is 19.6 Å². The number of fused-ring (bicyclic) bond motifs is 3. The van der Waals surface area contributed by atoms with Crippen molar-refractivity contribution in [3.8, 4) is 10.7 Å². The van der Waals surface area contributed by atoms with Crippen molar-refractivity contribution in [1.29, 1.82) is 0 Å². The molecule has 0 spiro atoms. The summed E-state index contributed by atoms with van der Waals surface area (Å²) < 4.78 is 1.94. The number of hydrogen-bond acceptors (Lipinski definition) is 4. The minimum atomic E-state index is 0.846. The molecule has 0 saturated heterocycles. The Bertz CT molecular complexity index is 833. The van der Waals surface area contributed by atoms with Crippen molar-refractivity contribution in [2.75, 3.05) is 0 Å². The first-order valence-electron chi connectivity index (χ1n) is 5.56. The summed E-state index contributed by atoms with van der Waals surface area (Å²) in [6.45, 7) is 0. The van der Waals surface area contributed by atoms with E-state index in [1.807, 2.05) is 46.2 Å². The van der Waals surface area contributed by atoms with Gasteiger partial charge in [-0.2, -0.15) is 0 Å². The molecule has 0 fully saturated rings. The fraction of sp³-hybridized carbons (Fsp3) is 0. The molecule has 5 heteroatoms. The number of rotatable bonds is 1. The number of nitrogens with zero attached hydrogens (tertiary/aromatic N) is 4. The zero-order chi connectivity index (χ0) is 11.9. The van der Waals surface area contributed by atoms with E-state index in [1.165, 1.54) is 0 Å². The van der Waals surface area contributed by atoms with E-state index >= 15 is 0 Å². The molecule has 0 aliphatic heterocycles. The number of aromatic nitrogens is 4. The Morgan fingerprint density at radius 1 is 1.00 bits per heavy atom. The molecule has 1 aromatic carbocycles. The molecule has 3 aromatic heterocycles. The number of hydrogen-bond donors (Lipinski definition) is 0. The summed E-state index contributed by atoms with van der Waals surface area (Å²) in [6, 6.07) is 12.0. The Morgan fingerprint density at radius 2 is 1.94 bits per heavy atom. The molecular formula is C13H8N4S. The standard InChI is InChI=1S/C13H8N4S/c1-2-5-10-9(4-1)12-15-16-13(17(12)8-14-10)11-6-3-7-18-11/h1-8H. The van der Waals surface area contributed by atoms with E-state index in [9.17, 15) is 0 Å². The van der Waals surface area contributed by atoms with Crippen LogP contribution in [-0.2, 0) is 0 Å². The molecule has 0 radical (unpaired) electrons. The highest BCUT2D eigenvalue weighted by Crippen LogP contribution is 2.25. The first-order chi connectivity index (χ1) is 8.93. The van der Waals surface area contributed by atoms with Crippen LogP contribution in [0.3, 0.4) is 0 Å². The normalized spacial score (nSPS) is 11.3. The predicted molar refractivity (Wildman–Crippen MR) is 71.6 cm³/mol. The molecule has 4 nitrogen and oxygen atoms in total. The van der Waals surface area contributed by atoms with Gasteiger partial charge in [-0.25, -0.2) is 4.98 Å². The van der Waals surface area contributed by atoms with E-state index < -0.39 is 0 Å². The molecule has 18 heavy (non-hydrogen) atoms. The molecule has 4 aromatic rings. The monoisotopic (exact) mass is 252 g/mol. The highest BCUT2D eigenvalue weighted by atomic mass is 32.1. The number of para-hydroxylation sites is 1. The van der Waals surface area contributed by atoms with Crippen molar-refractivity contribution in [2.45, 2.75) is 0 Å². The molecule has 86 valence electrons. The van der Waals surface area contributed by atoms with E-state index in [1.54, 1.807) is 17.7 Å². The van der Waals surface area contributed by atoms with Crippen molar-refractivity contribution in [1.82, 2.24) is 19.6 Å². The van der Waals surface area contributed by atoms with E-state index in [0.29, 0.717) is 0 Å². The third kappa shape index (κ3) is 1.28. The second-order valence-electron chi connectivity index (χ2n) is 3.96. The summed E-state index contributed by atoms with van der Waals surface area (Å²) in [5.41, 5.74) is 1.79. The van der Waals surface area contributed by atoms with Gasteiger partial charge in [0.05, 0.1) is 10.4 Å². The second kappa shape index (κ2) is 3.61. The van der Waals surface area contributed by atoms with Gasteiger partial charge in [0.1, 0.15) is 6.33 Å². The maximum absolute atomic E-state index is 4.44. The van der Waals surface area contributed by atoms with Gasteiger partial charge in [-0.3, -0.25) is 4.40 Å². The molecule has 3 heterocycles. The summed E-state index contributed by atoms with van der Waals surface area (Å²) in [4.78, 5) is 5.54. The van der Waals surface area contributed by atoms with Gasteiger partial charge in [0.15, 0.2) is 11.5 Å². The molecular weight excluding hydrogens is 244 g/mol. The molecule has 0 atom stereocenters. The summed E-state index contributed by atoms with van der Waals surface area (Å²) >= 11 is 1.65. The van der Waals surface area contributed by atoms with Crippen LogP contribution < -0.4 is 0 Å². The highest BCUT2D eigenvalue weighted by Gasteiger charge is 2.11. The summed E-state index contributed by atoms with van der Waals surface area (Å²) in [6.07, 6.45) is 1.78. The van der Waals surface area contributed by atoms with Crippen molar-refractivity contribution in [3.63, 3.8) is 0 Å². The molecule has 4 rings (SSSR count). The minimum Gasteiger partial charge on any atom is -0.264 e. The fourth-order valence-corrected chi connectivity index (χ4v) is 2.76. The zero-order valence-electron chi connectivity index (χ0n) is 9.32. The number of benzene rings is 1. The zero-order valence-corrected chi connectivity index (χ0v) is 10.1. The Kier molecular flexibility index (Phi) is 1.95. The minimum absolute atomic E-state index is 0.846. The molecule has 0 amide bonds. The summed E-state index contributed by atoms with van der Waals surface area (Å²) in [7, 11) is 0. The third-order valence-corrected chi connectivity index (χ3v) is 3.76. The van der Waals surface area contributed by atoms with Gasteiger partial charge in [0, 0.05) is 5.39 Å². The Labute approximate surface area is 107 Å². The average molecular weight is 252 g/mol. The molecule has 0 aliphatic carbocycles. The highest BCUT2D eigenvalue weighted by molar-refractivity contribution is 7.13. The van der Waals surface area contributed by atoms with Gasteiger partial charge in [0.25, 0.3) is 0 Å². The molecule has 0 bridgehead atoms. The van der Waals surface area contributed by atoms with Crippen LogP contribution >= 0.6 is 11.3 Å². The van der Waals surface area contributed by atoms with Crippen molar-refractivity contribution in [3.05, 3.63) is 48.1 Å². The fourth-order valence-electron chi connectivity index (χ4n) is 2.05. The van der Waals surface area contributed by atoms with Gasteiger partial charge in [-0.05, 0) is 23.6 Å². The Hall–Kier alpha value is -2.27. The van der Waals surface area contributed by atoms with Gasteiger partial charge < -0.3 is 0 Å². The number of thiophene rings is 1. The predicted octanol–water partition coefficient (Wildman–Crippen LogP) is 3.01. The topological polar surface area (TPSA) is 43.1 Å². The van der Waals surface area contributed by atoms with Gasteiger partial charge in [-0.15, -0.1) is 21.5 Å². The van der Waals surface area contributed by atoms with Crippen LogP contribution in [0.2, 0.25) is 0 Å². The lowest BCUT2D eigenvalue weighted by Crippen LogP contribution is -1.91. The van der Waals surface area contributed by atoms with Crippen LogP contribution in [0.1, 0.15) is 0 Å². The lowest BCUT2D eigenvalue weighted by atomic mass is 10.2. The lowest BCUT2D eigenvalue weighted by Gasteiger charge is -1.99. The molecule has 0 N–H and O–H groups in total. The first kappa shape index (κ1) is 9.73. The Balaban J connectivity index is 2.12. The van der Waals surface area contributed by atoms with Crippen molar-refractivity contribution in [2.24, 2.45) is 0 Å². The van der Waals surface area contributed by atoms with E-state index in [2.05, 4.69) is 15.2 Å². The van der Waals surface area contributed by atoms with Crippen LogP contribution in [0.5, 0.6) is 0 Å².